The largest absolute Gasteiger partial charge is 0.393 e. The normalized spacial score (nSPS) is 40.3. The molecule has 1 saturated carbocycles. The van der Waals surface area contributed by atoms with Gasteiger partial charge in [0.15, 0.2) is 0 Å². The third-order valence-electron chi connectivity index (χ3n) is 1.54. The highest BCUT2D eigenvalue weighted by Gasteiger charge is 2.24. The molecule has 2 heteroatoms. The molecular formula is C5H11NO. The first-order valence-electron chi connectivity index (χ1n) is 2.71. The second-order valence-corrected chi connectivity index (χ2v) is 2.23. The van der Waals surface area contributed by atoms with Gasteiger partial charge in [0.2, 0.25) is 0 Å². The van der Waals surface area contributed by atoms with Crippen molar-refractivity contribution in [3.63, 3.8) is 0 Å². The first kappa shape index (κ1) is 5.06. The Kier molecular flexibility index (Phi) is 1.30. The predicted molar refractivity (Wildman–Crippen MR) is 27.8 cm³/mol. The zero-order valence-electron chi connectivity index (χ0n) is 4.30. The molecule has 0 unspecified atom stereocenters. The fraction of sp³-hybridized carbons (Fsp3) is 1.00. The van der Waals surface area contributed by atoms with Gasteiger partial charge < -0.3 is 10.8 Å². The molecule has 1 fully saturated rings. The van der Waals surface area contributed by atoms with E-state index in [4.69, 9.17) is 10.8 Å². The Balaban J connectivity index is 2.06. The van der Waals surface area contributed by atoms with Crippen LogP contribution in [0.4, 0.5) is 0 Å². The first-order valence-corrected chi connectivity index (χ1v) is 2.71. The average Bonchev–Trinajstić information content (AvgIpc) is 1.58. The van der Waals surface area contributed by atoms with Crippen molar-refractivity contribution in [3.8, 4) is 0 Å². The topological polar surface area (TPSA) is 46.2 Å². The fourth-order valence-electron chi connectivity index (χ4n) is 0.893. The second-order valence-electron chi connectivity index (χ2n) is 2.23. The Morgan fingerprint density at radius 2 is 2.14 bits per heavy atom. The minimum atomic E-state index is -0.0338. The Morgan fingerprint density at radius 3 is 2.29 bits per heavy atom. The van der Waals surface area contributed by atoms with Gasteiger partial charge in [-0.2, -0.15) is 0 Å². The number of rotatable bonds is 1. The van der Waals surface area contributed by atoms with Crippen molar-refractivity contribution >= 4 is 0 Å². The van der Waals surface area contributed by atoms with Gasteiger partial charge in [-0.15, -0.1) is 0 Å². The standard InChI is InChI=1S/C5H11NO/c6-3-4-1-5(7)2-4/h4-5,7H,1-3,6H2/t4-,5-. The van der Waals surface area contributed by atoms with Crippen LogP contribution in [0.5, 0.6) is 0 Å². The summed E-state index contributed by atoms with van der Waals surface area (Å²) in [5, 5.41) is 8.69. The molecule has 2 nitrogen and oxygen atoms in total. The number of aliphatic hydroxyl groups is 1. The lowest BCUT2D eigenvalue weighted by molar-refractivity contribution is 0.0469. The van der Waals surface area contributed by atoms with Crippen LogP contribution in [0.3, 0.4) is 0 Å². The van der Waals surface area contributed by atoms with E-state index >= 15 is 0 Å². The highest BCUT2D eigenvalue weighted by Crippen LogP contribution is 2.25. The third-order valence-corrected chi connectivity index (χ3v) is 1.54. The minimum Gasteiger partial charge on any atom is -0.393 e. The van der Waals surface area contributed by atoms with Crippen LogP contribution >= 0.6 is 0 Å². The highest BCUT2D eigenvalue weighted by molar-refractivity contribution is 4.78. The SMILES string of the molecule is NC[C@H]1C[C@H](O)C1. The molecule has 0 radical (unpaired) electrons. The van der Waals surface area contributed by atoms with Crippen LogP contribution in [0.25, 0.3) is 0 Å². The molecule has 0 aromatic carbocycles. The summed E-state index contributed by atoms with van der Waals surface area (Å²) in [5.41, 5.74) is 5.28. The molecule has 0 saturated heterocycles. The zero-order valence-corrected chi connectivity index (χ0v) is 4.30. The summed E-state index contributed by atoms with van der Waals surface area (Å²) in [6.07, 6.45) is 1.82. The van der Waals surface area contributed by atoms with Crippen molar-refractivity contribution in [2.75, 3.05) is 6.54 Å². The van der Waals surface area contributed by atoms with E-state index in [0.717, 1.165) is 19.4 Å². The van der Waals surface area contributed by atoms with Crippen LogP contribution in [-0.2, 0) is 0 Å². The summed E-state index contributed by atoms with van der Waals surface area (Å²) >= 11 is 0. The molecular weight excluding hydrogens is 90.1 g/mol. The molecule has 0 bridgehead atoms. The van der Waals surface area contributed by atoms with Gasteiger partial charge in [-0.05, 0) is 25.3 Å². The van der Waals surface area contributed by atoms with Crippen LogP contribution in [0.15, 0.2) is 0 Å². The van der Waals surface area contributed by atoms with Gasteiger partial charge in [-0.3, -0.25) is 0 Å². The molecule has 0 amide bonds. The molecule has 0 aromatic rings. The van der Waals surface area contributed by atoms with Gasteiger partial charge >= 0.3 is 0 Å². The Labute approximate surface area is 43.3 Å². The maximum atomic E-state index is 8.69. The molecule has 1 aliphatic carbocycles. The van der Waals surface area contributed by atoms with E-state index in [0.29, 0.717) is 5.92 Å². The van der Waals surface area contributed by atoms with Gasteiger partial charge in [-0.25, -0.2) is 0 Å². The predicted octanol–water partition coefficient (Wildman–Crippen LogP) is -0.284. The smallest absolute Gasteiger partial charge is 0.0546 e. The molecule has 1 aliphatic rings. The second kappa shape index (κ2) is 1.80. The van der Waals surface area contributed by atoms with E-state index in [1.165, 1.54) is 0 Å². The summed E-state index contributed by atoms with van der Waals surface area (Å²) in [7, 11) is 0. The van der Waals surface area contributed by atoms with Crippen molar-refractivity contribution in [1.82, 2.24) is 0 Å². The molecule has 0 aliphatic heterocycles. The van der Waals surface area contributed by atoms with Gasteiger partial charge in [0, 0.05) is 0 Å². The van der Waals surface area contributed by atoms with Crippen LogP contribution in [0, 0.1) is 5.92 Å². The van der Waals surface area contributed by atoms with E-state index in [9.17, 15) is 0 Å². The average molecular weight is 101 g/mol. The van der Waals surface area contributed by atoms with Gasteiger partial charge in [-0.1, -0.05) is 0 Å². The summed E-state index contributed by atoms with van der Waals surface area (Å²) in [6.45, 7) is 0.747. The number of nitrogens with two attached hydrogens (primary N) is 1. The molecule has 0 aromatic heterocycles. The van der Waals surface area contributed by atoms with Gasteiger partial charge in [0.05, 0.1) is 6.10 Å². The number of aliphatic hydroxyl groups excluding tert-OH is 1. The van der Waals surface area contributed by atoms with Crippen LogP contribution in [-0.4, -0.2) is 17.8 Å². The maximum Gasteiger partial charge on any atom is 0.0546 e. The lowest BCUT2D eigenvalue weighted by Gasteiger charge is -2.29. The molecule has 0 heterocycles. The van der Waals surface area contributed by atoms with Crippen molar-refractivity contribution in [3.05, 3.63) is 0 Å². The van der Waals surface area contributed by atoms with E-state index < -0.39 is 0 Å². The van der Waals surface area contributed by atoms with Crippen LogP contribution in [0.2, 0.25) is 0 Å². The lowest BCUT2D eigenvalue weighted by atomic mass is 9.83. The van der Waals surface area contributed by atoms with E-state index in [2.05, 4.69) is 0 Å². The summed E-state index contributed by atoms with van der Waals surface area (Å²) in [4.78, 5) is 0. The Morgan fingerprint density at radius 1 is 1.57 bits per heavy atom. The fourth-order valence-corrected chi connectivity index (χ4v) is 0.893. The zero-order chi connectivity index (χ0) is 5.28. The van der Waals surface area contributed by atoms with Gasteiger partial charge in [0.1, 0.15) is 0 Å². The quantitative estimate of drug-likeness (QED) is 0.477. The minimum absolute atomic E-state index is 0.0338. The molecule has 1 rings (SSSR count). The molecule has 0 spiro atoms. The number of hydrogen-bond donors (Lipinski definition) is 2. The van der Waals surface area contributed by atoms with Crippen molar-refractivity contribution in [2.45, 2.75) is 18.9 Å². The van der Waals surface area contributed by atoms with E-state index in [1.54, 1.807) is 0 Å². The summed E-state index contributed by atoms with van der Waals surface area (Å²) in [5.74, 6) is 0.620. The summed E-state index contributed by atoms with van der Waals surface area (Å²) in [6, 6.07) is 0. The Hall–Kier alpha value is -0.0800. The van der Waals surface area contributed by atoms with Crippen molar-refractivity contribution in [1.29, 1.82) is 0 Å². The van der Waals surface area contributed by atoms with Crippen LogP contribution in [0.1, 0.15) is 12.8 Å². The highest BCUT2D eigenvalue weighted by atomic mass is 16.3. The molecule has 3 N–H and O–H groups in total. The lowest BCUT2D eigenvalue weighted by Crippen LogP contribution is -2.33. The third kappa shape index (κ3) is 0.924. The van der Waals surface area contributed by atoms with E-state index in [1.807, 2.05) is 0 Å². The Bertz CT molecular complexity index is 59.1. The monoisotopic (exact) mass is 101 g/mol. The molecule has 7 heavy (non-hydrogen) atoms. The maximum absolute atomic E-state index is 8.69. The van der Waals surface area contributed by atoms with Crippen molar-refractivity contribution in [2.24, 2.45) is 11.7 Å². The first-order chi connectivity index (χ1) is 3.33. The van der Waals surface area contributed by atoms with Crippen molar-refractivity contribution < 1.29 is 5.11 Å². The molecule has 0 atom stereocenters. The molecule has 42 valence electrons. The van der Waals surface area contributed by atoms with Crippen LogP contribution < -0.4 is 5.73 Å². The van der Waals surface area contributed by atoms with Gasteiger partial charge in [0.25, 0.3) is 0 Å². The number of hydrogen-bond acceptors (Lipinski definition) is 2. The summed E-state index contributed by atoms with van der Waals surface area (Å²) < 4.78 is 0. The van der Waals surface area contributed by atoms with E-state index in [-0.39, 0.29) is 6.10 Å².